The second-order valence-corrected chi connectivity index (χ2v) is 7.92. The maximum absolute atomic E-state index is 12.7. The first-order valence-corrected chi connectivity index (χ1v) is 10.1. The maximum atomic E-state index is 12.7. The number of ether oxygens (including phenoxy) is 2. The summed E-state index contributed by atoms with van der Waals surface area (Å²) in [5, 5.41) is 3.93. The predicted octanol–water partition coefficient (Wildman–Crippen LogP) is 1.48. The lowest BCUT2D eigenvalue weighted by Crippen LogP contribution is -2.40. The minimum Gasteiger partial charge on any atom is -0.496 e. The van der Waals surface area contributed by atoms with Crippen molar-refractivity contribution in [3.05, 3.63) is 59.7 Å². The number of benzene rings is 2. The molecule has 28 heavy (non-hydrogen) atoms. The van der Waals surface area contributed by atoms with Crippen molar-refractivity contribution in [1.82, 2.24) is 9.73 Å². The molecule has 0 spiro atoms. The normalized spacial score (nSPS) is 15.5. The summed E-state index contributed by atoms with van der Waals surface area (Å²) in [5.41, 5.74) is 3.31. The lowest BCUT2D eigenvalue weighted by atomic mass is 10.2. The quantitative estimate of drug-likeness (QED) is 0.582. The van der Waals surface area contributed by atoms with Crippen LogP contribution in [0.3, 0.4) is 0 Å². The van der Waals surface area contributed by atoms with Gasteiger partial charge in [-0.15, -0.1) is 0 Å². The van der Waals surface area contributed by atoms with Crippen molar-refractivity contribution < 1.29 is 22.7 Å². The number of hydrogen-bond acceptors (Lipinski definition) is 6. The van der Waals surface area contributed by atoms with Gasteiger partial charge in [-0.25, -0.2) is 13.8 Å². The van der Waals surface area contributed by atoms with Gasteiger partial charge in [-0.05, 0) is 30.3 Å². The number of carbonyl (C=O) groups is 1. The molecule has 1 aliphatic heterocycles. The topological polar surface area (TPSA) is 97.3 Å². The summed E-state index contributed by atoms with van der Waals surface area (Å²) in [7, 11) is -2.12. The van der Waals surface area contributed by atoms with Gasteiger partial charge < -0.3 is 9.47 Å². The van der Waals surface area contributed by atoms with Gasteiger partial charge in [0.25, 0.3) is 5.91 Å². The summed E-state index contributed by atoms with van der Waals surface area (Å²) in [6.45, 7) is 1.30. The molecule has 0 atom stereocenters. The van der Waals surface area contributed by atoms with E-state index >= 15 is 0 Å². The molecule has 9 heteroatoms. The highest BCUT2D eigenvalue weighted by Crippen LogP contribution is 2.18. The maximum Gasteiger partial charge on any atom is 0.271 e. The van der Waals surface area contributed by atoms with Crippen LogP contribution < -0.4 is 10.2 Å². The Kier molecular flexibility index (Phi) is 6.40. The number of morpholine rings is 1. The molecule has 2 aromatic carbocycles. The smallest absolute Gasteiger partial charge is 0.271 e. The zero-order valence-electron chi connectivity index (χ0n) is 15.4. The first kappa shape index (κ1) is 20.0. The summed E-state index contributed by atoms with van der Waals surface area (Å²) < 4.78 is 37.2. The van der Waals surface area contributed by atoms with Crippen molar-refractivity contribution in [2.45, 2.75) is 4.90 Å². The minimum absolute atomic E-state index is 0.0655. The van der Waals surface area contributed by atoms with E-state index in [1.165, 1.54) is 34.8 Å². The van der Waals surface area contributed by atoms with Crippen molar-refractivity contribution in [3.63, 3.8) is 0 Å². The Bertz CT molecular complexity index is 969. The van der Waals surface area contributed by atoms with Gasteiger partial charge in [-0.1, -0.05) is 18.2 Å². The van der Waals surface area contributed by atoms with Crippen LogP contribution in [-0.2, 0) is 14.8 Å². The molecule has 1 heterocycles. The molecule has 0 aliphatic carbocycles. The number of carbonyl (C=O) groups excluding carboxylic acids is 1. The molecule has 2 aromatic rings. The standard InChI is InChI=1S/C19H21N3O5S/c1-26-18-8-3-2-5-16(18)14-20-21-19(23)15-6-4-7-17(13-15)28(24,25)22-9-11-27-12-10-22/h2-8,13-14H,9-12H2,1H3,(H,21,23)/b20-14+. The zero-order chi connectivity index (χ0) is 20.0. The van der Waals surface area contributed by atoms with Gasteiger partial charge >= 0.3 is 0 Å². The van der Waals surface area contributed by atoms with Crippen molar-refractivity contribution >= 4 is 22.1 Å². The van der Waals surface area contributed by atoms with Gasteiger partial charge in [0.15, 0.2) is 0 Å². The molecule has 0 radical (unpaired) electrons. The van der Waals surface area contributed by atoms with Crippen LogP contribution in [0, 0.1) is 0 Å². The molecule has 148 valence electrons. The van der Waals surface area contributed by atoms with Crippen molar-refractivity contribution in [3.8, 4) is 5.75 Å². The highest BCUT2D eigenvalue weighted by atomic mass is 32.2. The number of methoxy groups -OCH3 is 1. The van der Waals surface area contributed by atoms with Gasteiger partial charge in [0.1, 0.15) is 5.75 Å². The summed E-state index contributed by atoms with van der Waals surface area (Å²) in [4.78, 5) is 12.4. The summed E-state index contributed by atoms with van der Waals surface area (Å²) in [5.74, 6) is 0.115. The van der Waals surface area contributed by atoms with E-state index in [9.17, 15) is 13.2 Å². The van der Waals surface area contributed by atoms with Gasteiger partial charge in [0.05, 0.1) is 31.4 Å². The predicted molar refractivity (Wildman–Crippen MR) is 104 cm³/mol. The van der Waals surface area contributed by atoms with E-state index in [1.54, 1.807) is 19.2 Å². The van der Waals surface area contributed by atoms with E-state index < -0.39 is 15.9 Å². The number of amides is 1. The molecule has 0 aromatic heterocycles. The number of sulfonamides is 1. The second kappa shape index (κ2) is 8.96. The van der Waals surface area contributed by atoms with Crippen LogP contribution >= 0.6 is 0 Å². The molecular weight excluding hydrogens is 382 g/mol. The van der Waals surface area contributed by atoms with Crippen molar-refractivity contribution in [1.29, 1.82) is 0 Å². The number of rotatable bonds is 6. The van der Waals surface area contributed by atoms with Crippen LogP contribution in [0.1, 0.15) is 15.9 Å². The Morgan fingerprint density at radius 3 is 2.68 bits per heavy atom. The summed E-state index contributed by atoms with van der Waals surface area (Å²) in [6, 6.07) is 13.1. The average Bonchev–Trinajstić information content (AvgIpc) is 2.74. The van der Waals surface area contributed by atoms with Gasteiger partial charge in [-0.3, -0.25) is 4.79 Å². The number of nitrogens with zero attached hydrogens (tertiary/aromatic N) is 2. The fourth-order valence-electron chi connectivity index (χ4n) is 2.73. The van der Waals surface area contributed by atoms with Crippen LogP contribution in [0.5, 0.6) is 5.75 Å². The van der Waals surface area contributed by atoms with E-state index in [-0.39, 0.29) is 10.5 Å². The molecule has 1 saturated heterocycles. The van der Waals surface area contributed by atoms with Crippen LogP contribution in [0.2, 0.25) is 0 Å². The molecule has 1 N–H and O–H groups in total. The number of nitrogens with one attached hydrogen (secondary N) is 1. The fraction of sp³-hybridized carbons (Fsp3) is 0.263. The van der Waals surface area contributed by atoms with Crippen LogP contribution in [-0.4, -0.2) is 58.3 Å². The zero-order valence-corrected chi connectivity index (χ0v) is 16.2. The number of hydrogen-bond donors (Lipinski definition) is 1. The molecule has 3 rings (SSSR count). The fourth-order valence-corrected chi connectivity index (χ4v) is 4.19. The first-order valence-electron chi connectivity index (χ1n) is 8.67. The second-order valence-electron chi connectivity index (χ2n) is 5.99. The third-order valence-corrected chi connectivity index (χ3v) is 6.11. The lowest BCUT2D eigenvalue weighted by molar-refractivity contribution is 0.0730. The summed E-state index contributed by atoms with van der Waals surface area (Å²) >= 11 is 0. The van der Waals surface area contributed by atoms with Gasteiger partial charge in [-0.2, -0.15) is 9.41 Å². The Labute approximate surface area is 163 Å². The van der Waals surface area contributed by atoms with Crippen LogP contribution in [0.15, 0.2) is 58.5 Å². The molecular formula is C19H21N3O5S. The monoisotopic (exact) mass is 403 g/mol. The highest BCUT2D eigenvalue weighted by Gasteiger charge is 2.26. The SMILES string of the molecule is COc1ccccc1/C=N/NC(=O)c1cccc(S(=O)(=O)N2CCOCC2)c1. The molecule has 1 aliphatic rings. The largest absolute Gasteiger partial charge is 0.496 e. The van der Waals surface area contributed by atoms with E-state index in [0.717, 1.165) is 0 Å². The Morgan fingerprint density at radius 2 is 1.93 bits per heavy atom. The number of para-hydroxylation sites is 1. The van der Waals surface area contributed by atoms with E-state index in [2.05, 4.69) is 10.5 Å². The highest BCUT2D eigenvalue weighted by molar-refractivity contribution is 7.89. The number of hydrazone groups is 1. The molecule has 0 unspecified atom stereocenters. The molecule has 8 nitrogen and oxygen atoms in total. The van der Waals surface area contributed by atoms with Gasteiger partial charge in [0.2, 0.25) is 10.0 Å². The van der Waals surface area contributed by atoms with E-state index in [4.69, 9.17) is 9.47 Å². The van der Waals surface area contributed by atoms with Crippen molar-refractivity contribution in [2.24, 2.45) is 5.10 Å². The van der Waals surface area contributed by atoms with Crippen molar-refractivity contribution in [2.75, 3.05) is 33.4 Å². The van der Waals surface area contributed by atoms with Gasteiger partial charge in [0, 0.05) is 24.2 Å². The first-order chi connectivity index (χ1) is 13.5. The third kappa shape index (κ3) is 4.56. The molecule has 0 saturated carbocycles. The molecule has 1 amide bonds. The molecule has 0 bridgehead atoms. The Balaban J connectivity index is 1.72. The third-order valence-electron chi connectivity index (χ3n) is 4.21. The van der Waals surface area contributed by atoms with E-state index in [1.807, 2.05) is 12.1 Å². The van der Waals surface area contributed by atoms with E-state index in [0.29, 0.717) is 37.6 Å². The lowest BCUT2D eigenvalue weighted by Gasteiger charge is -2.26. The van der Waals surface area contributed by atoms with Crippen LogP contribution in [0.25, 0.3) is 0 Å². The Hall–Kier alpha value is -2.75. The molecule has 1 fully saturated rings. The Morgan fingerprint density at radius 1 is 1.18 bits per heavy atom. The average molecular weight is 403 g/mol. The summed E-state index contributed by atoms with van der Waals surface area (Å²) in [6.07, 6.45) is 1.46. The van der Waals surface area contributed by atoms with Crippen LogP contribution in [0.4, 0.5) is 0 Å². The minimum atomic E-state index is -3.67.